The molecule has 33 heavy (non-hydrogen) atoms. The molecule has 6 nitrogen and oxygen atoms in total. The fourth-order valence-electron chi connectivity index (χ4n) is 4.14. The monoisotopic (exact) mass is 434 g/mol. The number of anilines is 2. The average Bonchev–Trinajstić information content (AvgIpc) is 2.86. The Hall–Kier alpha value is -4.42. The number of fused-ring (bicyclic) bond motifs is 1. The Morgan fingerprint density at radius 2 is 1.36 bits per heavy atom. The highest BCUT2D eigenvalue weighted by Crippen LogP contribution is 2.39. The summed E-state index contributed by atoms with van der Waals surface area (Å²) in [6.45, 7) is 4.35. The number of amides is 2. The second kappa shape index (κ2) is 8.98. The molecule has 2 amide bonds. The maximum absolute atomic E-state index is 13.7. The van der Waals surface area contributed by atoms with E-state index in [1.807, 2.05) is 38.1 Å². The fraction of sp³-hybridized carbons (Fsp3) is 0.185. The Labute approximate surface area is 192 Å². The SMILES string of the molecule is CC(C)[C@H]1CN(C(=O)c2cccc(C#N)c2)c2ccccc2N1C(=O)c1cccc(C#N)c1. The van der Waals surface area contributed by atoms with Gasteiger partial charge < -0.3 is 9.80 Å². The molecule has 0 bridgehead atoms. The molecule has 1 heterocycles. The molecule has 0 saturated heterocycles. The van der Waals surface area contributed by atoms with Gasteiger partial charge in [0.2, 0.25) is 0 Å². The zero-order valence-corrected chi connectivity index (χ0v) is 18.4. The van der Waals surface area contributed by atoms with Gasteiger partial charge in [0.1, 0.15) is 0 Å². The number of benzene rings is 3. The van der Waals surface area contributed by atoms with Gasteiger partial charge in [-0.1, -0.05) is 38.1 Å². The number of para-hydroxylation sites is 2. The van der Waals surface area contributed by atoms with Crippen molar-refractivity contribution in [2.75, 3.05) is 16.3 Å². The van der Waals surface area contributed by atoms with Crippen LogP contribution in [0.2, 0.25) is 0 Å². The average molecular weight is 434 g/mol. The minimum absolute atomic E-state index is 0.0576. The number of nitrogens with zero attached hydrogens (tertiary/aromatic N) is 4. The lowest BCUT2D eigenvalue weighted by atomic mass is 9.95. The molecular formula is C27H22N4O2. The van der Waals surface area contributed by atoms with Crippen molar-refractivity contribution in [1.29, 1.82) is 10.5 Å². The maximum atomic E-state index is 13.7. The molecule has 1 aliphatic heterocycles. The molecule has 0 N–H and O–H groups in total. The van der Waals surface area contributed by atoms with Crippen molar-refractivity contribution in [3.63, 3.8) is 0 Å². The van der Waals surface area contributed by atoms with Gasteiger partial charge in [0.05, 0.1) is 40.7 Å². The van der Waals surface area contributed by atoms with Gasteiger partial charge in [-0.15, -0.1) is 0 Å². The van der Waals surface area contributed by atoms with E-state index in [4.69, 9.17) is 0 Å². The van der Waals surface area contributed by atoms with Crippen molar-refractivity contribution in [2.45, 2.75) is 19.9 Å². The Morgan fingerprint density at radius 1 is 0.818 bits per heavy atom. The highest BCUT2D eigenvalue weighted by molar-refractivity contribution is 6.14. The minimum atomic E-state index is -0.277. The molecule has 3 aromatic carbocycles. The van der Waals surface area contributed by atoms with E-state index in [2.05, 4.69) is 12.1 Å². The van der Waals surface area contributed by atoms with Gasteiger partial charge in [0.25, 0.3) is 11.8 Å². The van der Waals surface area contributed by atoms with Crippen LogP contribution in [0, 0.1) is 28.6 Å². The van der Waals surface area contributed by atoms with E-state index in [1.165, 1.54) is 0 Å². The van der Waals surface area contributed by atoms with Crippen molar-refractivity contribution in [2.24, 2.45) is 5.92 Å². The smallest absolute Gasteiger partial charge is 0.258 e. The van der Waals surface area contributed by atoms with Crippen LogP contribution in [0.15, 0.2) is 72.8 Å². The molecule has 4 rings (SSSR count). The van der Waals surface area contributed by atoms with Crippen molar-refractivity contribution in [3.05, 3.63) is 95.1 Å². The number of nitriles is 2. The second-order valence-corrected chi connectivity index (χ2v) is 8.28. The summed E-state index contributed by atoms with van der Waals surface area (Å²) in [4.78, 5) is 30.6. The van der Waals surface area contributed by atoms with Crippen molar-refractivity contribution in [3.8, 4) is 12.1 Å². The van der Waals surface area contributed by atoms with Crippen LogP contribution >= 0.6 is 0 Å². The van der Waals surface area contributed by atoms with Crippen molar-refractivity contribution < 1.29 is 9.59 Å². The number of hydrogen-bond donors (Lipinski definition) is 0. The standard InChI is InChI=1S/C27H22N4O2/c1-18(2)25-17-30(26(32)21-9-5-7-19(13-21)15-28)23-11-3-4-12-24(23)31(25)27(33)22-10-6-8-20(14-22)16-29/h3-14,18,25H,17H2,1-2H3/t25-/m1/s1. The van der Waals surface area contributed by atoms with E-state index in [9.17, 15) is 20.1 Å². The van der Waals surface area contributed by atoms with Gasteiger partial charge in [-0.25, -0.2) is 0 Å². The first-order valence-electron chi connectivity index (χ1n) is 10.7. The van der Waals surface area contributed by atoms with E-state index in [1.54, 1.807) is 58.3 Å². The molecule has 162 valence electrons. The van der Waals surface area contributed by atoms with Gasteiger partial charge in [-0.2, -0.15) is 10.5 Å². The summed E-state index contributed by atoms with van der Waals surface area (Å²) in [7, 11) is 0. The Balaban J connectivity index is 1.80. The van der Waals surface area contributed by atoms with E-state index in [0.717, 1.165) is 0 Å². The first-order valence-corrected chi connectivity index (χ1v) is 10.7. The lowest BCUT2D eigenvalue weighted by molar-refractivity contribution is 0.0943. The van der Waals surface area contributed by atoms with Gasteiger partial charge >= 0.3 is 0 Å². The molecule has 6 heteroatoms. The van der Waals surface area contributed by atoms with Crippen LogP contribution in [-0.4, -0.2) is 24.4 Å². The molecule has 0 saturated carbocycles. The second-order valence-electron chi connectivity index (χ2n) is 8.28. The molecule has 1 atom stereocenters. The highest BCUT2D eigenvalue weighted by atomic mass is 16.2. The molecule has 0 aromatic heterocycles. The third kappa shape index (κ3) is 4.07. The summed E-state index contributed by atoms with van der Waals surface area (Å²) in [5, 5.41) is 18.5. The summed E-state index contributed by atoms with van der Waals surface area (Å²) in [5.41, 5.74) is 2.96. The van der Waals surface area contributed by atoms with E-state index in [-0.39, 0.29) is 23.8 Å². The normalized spacial score (nSPS) is 14.9. The number of carbonyl (C=O) groups is 2. The zero-order chi connectivity index (χ0) is 23.5. The first kappa shape index (κ1) is 21.8. The molecule has 0 spiro atoms. The summed E-state index contributed by atoms with van der Waals surface area (Å²) >= 11 is 0. The van der Waals surface area contributed by atoms with Crippen LogP contribution in [0.5, 0.6) is 0 Å². The topological polar surface area (TPSA) is 88.2 Å². The predicted octanol–water partition coefficient (Wildman–Crippen LogP) is 4.76. The van der Waals surface area contributed by atoms with Crippen LogP contribution in [0.1, 0.15) is 45.7 Å². The quantitative estimate of drug-likeness (QED) is 0.594. The van der Waals surface area contributed by atoms with Crippen LogP contribution in [0.25, 0.3) is 0 Å². The van der Waals surface area contributed by atoms with Crippen LogP contribution in [-0.2, 0) is 0 Å². The Bertz CT molecular complexity index is 1320. The van der Waals surface area contributed by atoms with E-state index >= 15 is 0 Å². The van der Waals surface area contributed by atoms with Crippen molar-refractivity contribution >= 4 is 23.2 Å². The summed E-state index contributed by atoms with van der Waals surface area (Å²) < 4.78 is 0. The lowest BCUT2D eigenvalue weighted by Gasteiger charge is -2.44. The number of rotatable bonds is 3. The van der Waals surface area contributed by atoms with Gasteiger partial charge in [0, 0.05) is 17.7 Å². The molecule has 1 aliphatic rings. The minimum Gasteiger partial charge on any atom is -0.304 e. The van der Waals surface area contributed by atoms with Crippen molar-refractivity contribution in [1.82, 2.24) is 0 Å². The lowest BCUT2D eigenvalue weighted by Crippen LogP contribution is -2.55. The first-order chi connectivity index (χ1) is 15.9. The van der Waals surface area contributed by atoms with Crippen LogP contribution in [0.3, 0.4) is 0 Å². The summed E-state index contributed by atoms with van der Waals surface area (Å²) in [6.07, 6.45) is 0. The maximum Gasteiger partial charge on any atom is 0.258 e. The molecule has 3 aromatic rings. The summed E-state index contributed by atoms with van der Waals surface area (Å²) in [5.74, 6) is -0.372. The van der Waals surface area contributed by atoms with E-state index in [0.29, 0.717) is 40.2 Å². The number of hydrogen-bond acceptors (Lipinski definition) is 4. The number of carbonyl (C=O) groups excluding carboxylic acids is 2. The summed E-state index contributed by atoms with van der Waals surface area (Å²) in [6, 6.07) is 24.5. The predicted molar refractivity (Wildman–Crippen MR) is 126 cm³/mol. The van der Waals surface area contributed by atoms with E-state index < -0.39 is 0 Å². The Kier molecular flexibility index (Phi) is 5.93. The third-order valence-electron chi connectivity index (χ3n) is 5.84. The largest absolute Gasteiger partial charge is 0.304 e. The van der Waals surface area contributed by atoms with Crippen LogP contribution < -0.4 is 9.80 Å². The van der Waals surface area contributed by atoms with Crippen LogP contribution in [0.4, 0.5) is 11.4 Å². The molecule has 0 aliphatic carbocycles. The molecule has 0 unspecified atom stereocenters. The Morgan fingerprint density at radius 3 is 1.91 bits per heavy atom. The molecule has 0 radical (unpaired) electrons. The third-order valence-corrected chi connectivity index (χ3v) is 5.84. The highest BCUT2D eigenvalue weighted by Gasteiger charge is 2.39. The molecular weight excluding hydrogens is 412 g/mol. The van der Waals surface area contributed by atoms with Gasteiger partial charge in [-0.05, 0) is 54.4 Å². The fourth-order valence-corrected chi connectivity index (χ4v) is 4.14. The molecule has 0 fully saturated rings. The van der Waals surface area contributed by atoms with Gasteiger partial charge in [0.15, 0.2) is 0 Å². The zero-order valence-electron chi connectivity index (χ0n) is 18.4. The van der Waals surface area contributed by atoms with Gasteiger partial charge in [-0.3, -0.25) is 9.59 Å².